The molecule has 16 heavy (non-hydrogen) atoms. The normalized spacial score (nSPS) is 25.6. The Kier molecular flexibility index (Phi) is 4.31. The lowest BCUT2D eigenvalue weighted by molar-refractivity contribution is 0.501. The van der Waals surface area contributed by atoms with E-state index in [2.05, 4.69) is 17.6 Å². The van der Waals surface area contributed by atoms with Crippen LogP contribution >= 0.6 is 40.0 Å². The van der Waals surface area contributed by atoms with E-state index in [4.69, 9.17) is 28.7 Å². The molecule has 2 unspecified atom stereocenters. The molecule has 92 valence electrons. The fourth-order valence-corrected chi connectivity index (χ4v) is 5.37. The van der Waals surface area contributed by atoms with Crippen LogP contribution in [0.15, 0.2) is 4.99 Å². The van der Waals surface area contributed by atoms with Crippen molar-refractivity contribution in [1.29, 1.82) is 0 Å². The number of aliphatic imine (C=N–C) groups is 1. The molecule has 0 saturated carbocycles. The van der Waals surface area contributed by atoms with Crippen LogP contribution in [0.5, 0.6) is 0 Å². The molecule has 2 atom stereocenters. The average molecular weight is 302 g/mol. The number of nitrogens with two attached hydrogens (primary N) is 3. The lowest BCUT2D eigenvalue weighted by Crippen LogP contribution is -2.42. The van der Waals surface area contributed by atoms with Gasteiger partial charge in [0.15, 0.2) is 5.50 Å². The maximum atomic E-state index is 12.1. The van der Waals surface area contributed by atoms with Crippen LogP contribution in [-0.4, -0.2) is 21.4 Å². The third-order valence-corrected chi connectivity index (χ3v) is 6.14. The van der Waals surface area contributed by atoms with Crippen LogP contribution in [0.2, 0.25) is 0 Å². The van der Waals surface area contributed by atoms with E-state index in [9.17, 15) is 9.13 Å². The van der Waals surface area contributed by atoms with Gasteiger partial charge in [-0.3, -0.25) is 35.3 Å². The summed E-state index contributed by atoms with van der Waals surface area (Å²) in [5.74, 6) is 0. The summed E-state index contributed by atoms with van der Waals surface area (Å²) in [5.41, 5.74) is 14.8. The summed E-state index contributed by atoms with van der Waals surface area (Å²) in [6.45, 7) is 0. The summed E-state index contributed by atoms with van der Waals surface area (Å²) in [6, 6.07) is 0. The molecule has 0 radical (unpaired) electrons. The molecule has 0 bridgehead atoms. The minimum atomic E-state index is -3.76. The maximum absolute atomic E-state index is 12.1. The van der Waals surface area contributed by atoms with Crippen LogP contribution in [0.1, 0.15) is 6.42 Å². The van der Waals surface area contributed by atoms with Crippen molar-refractivity contribution in [3.8, 4) is 0 Å². The minimum Gasteiger partial charge on any atom is -0.271 e. The van der Waals surface area contributed by atoms with E-state index in [1.165, 1.54) is 6.21 Å². The summed E-state index contributed by atoms with van der Waals surface area (Å²) in [7, 11) is -7.49. The van der Waals surface area contributed by atoms with Crippen LogP contribution in [0, 0.1) is 0 Å². The fourth-order valence-electron chi connectivity index (χ4n) is 1.10. The zero-order chi connectivity index (χ0) is 12.6. The van der Waals surface area contributed by atoms with Crippen molar-refractivity contribution in [3.63, 3.8) is 0 Å². The number of nitrogens with one attached hydrogen (secondary N) is 1. The summed E-state index contributed by atoms with van der Waals surface area (Å²) in [4.78, 5) is 6.12. The summed E-state index contributed by atoms with van der Waals surface area (Å²) < 4.78 is 24.3. The molecule has 0 aromatic rings. The first-order valence-corrected chi connectivity index (χ1v) is 8.51. The second-order valence-electron chi connectivity index (χ2n) is 3.05. The molecule has 1 rings (SSSR count). The Balaban J connectivity index is 2.99. The Morgan fingerprint density at radius 3 is 2.56 bits per heavy atom. The minimum absolute atomic E-state index is 0.266. The van der Waals surface area contributed by atoms with E-state index >= 15 is 0 Å². The zero-order valence-corrected chi connectivity index (χ0v) is 11.6. The van der Waals surface area contributed by atoms with Crippen molar-refractivity contribution < 1.29 is 9.13 Å². The van der Waals surface area contributed by atoms with Crippen molar-refractivity contribution in [2.45, 2.75) is 11.9 Å². The SMILES string of the molecule is NP(N)(=O)NP(N)(=O)N1C(=S)CC=NC1S. The van der Waals surface area contributed by atoms with Gasteiger partial charge in [-0.2, -0.15) is 4.86 Å². The second-order valence-corrected chi connectivity index (χ2v) is 7.88. The highest BCUT2D eigenvalue weighted by Crippen LogP contribution is 2.47. The average Bonchev–Trinajstić information content (AvgIpc) is 1.97. The van der Waals surface area contributed by atoms with Crippen molar-refractivity contribution in [2.24, 2.45) is 21.5 Å². The Bertz CT molecular complexity index is 421. The number of rotatable bonds is 3. The number of nitrogens with zero attached hydrogens (tertiary/aromatic N) is 2. The predicted octanol–water partition coefficient (Wildman–Crippen LogP) is -0.0144. The van der Waals surface area contributed by atoms with E-state index in [0.29, 0.717) is 6.42 Å². The van der Waals surface area contributed by atoms with E-state index in [-0.39, 0.29) is 4.99 Å². The number of hydrogen-bond acceptors (Lipinski definition) is 5. The number of hydrogen-bond donors (Lipinski definition) is 5. The molecule has 12 heteroatoms. The van der Waals surface area contributed by atoms with Gasteiger partial charge in [0.1, 0.15) is 0 Å². The maximum Gasteiger partial charge on any atom is 0.313 e. The van der Waals surface area contributed by atoms with Crippen LogP contribution in [-0.2, 0) is 9.13 Å². The largest absolute Gasteiger partial charge is 0.313 e. The molecule has 0 aromatic heterocycles. The summed E-state index contributed by atoms with van der Waals surface area (Å²) in [5, 5.41) is 0. The molecular formula is C4H12N6O2P2S2. The van der Waals surface area contributed by atoms with Gasteiger partial charge in [-0.05, 0) is 0 Å². The molecule has 0 aliphatic carbocycles. The molecule has 0 fully saturated rings. The molecule has 0 amide bonds. The van der Waals surface area contributed by atoms with Gasteiger partial charge in [0.2, 0.25) is 0 Å². The molecular weight excluding hydrogens is 290 g/mol. The van der Waals surface area contributed by atoms with Gasteiger partial charge in [-0.25, -0.2) is 0 Å². The lowest BCUT2D eigenvalue weighted by atomic mass is 10.4. The van der Waals surface area contributed by atoms with E-state index in [1.807, 2.05) is 4.86 Å². The molecule has 0 aromatic carbocycles. The van der Waals surface area contributed by atoms with Crippen molar-refractivity contribution in [1.82, 2.24) is 9.53 Å². The first kappa shape index (κ1) is 14.3. The fraction of sp³-hybridized carbons (Fsp3) is 0.500. The van der Waals surface area contributed by atoms with Crippen molar-refractivity contribution in [3.05, 3.63) is 0 Å². The highest BCUT2D eigenvalue weighted by Gasteiger charge is 2.37. The van der Waals surface area contributed by atoms with E-state index in [0.717, 1.165) is 4.67 Å². The molecule has 1 heterocycles. The van der Waals surface area contributed by atoms with Crippen molar-refractivity contribution in [2.75, 3.05) is 0 Å². The molecule has 0 saturated heterocycles. The van der Waals surface area contributed by atoms with Gasteiger partial charge >= 0.3 is 7.59 Å². The smallest absolute Gasteiger partial charge is 0.271 e. The Morgan fingerprint density at radius 2 is 2.12 bits per heavy atom. The number of thiocarbonyl (C=S) groups is 1. The third kappa shape index (κ3) is 3.61. The molecule has 1 aliphatic rings. The van der Waals surface area contributed by atoms with Gasteiger partial charge in [0.05, 0.1) is 4.99 Å². The molecule has 0 spiro atoms. The summed E-state index contributed by atoms with van der Waals surface area (Å²) in [6.07, 6.45) is 1.83. The number of thiol groups is 1. The highest BCUT2D eigenvalue weighted by atomic mass is 32.1. The second kappa shape index (κ2) is 4.83. The van der Waals surface area contributed by atoms with Crippen molar-refractivity contribution >= 4 is 51.2 Å². The van der Waals surface area contributed by atoms with Gasteiger partial charge in [-0.15, -0.1) is 12.6 Å². The van der Waals surface area contributed by atoms with Crippen LogP contribution < -0.4 is 21.4 Å². The zero-order valence-electron chi connectivity index (χ0n) is 8.05. The lowest BCUT2D eigenvalue weighted by Gasteiger charge is -2.35. The van der Waals surface area contributed by atoms with Crippen LogP contribution in [0.25, 0.3) is 0 Å². The quantitative estimate of drug-likeness (QED) is 0.278. The topological polar surface area (TPSA) is 140 Å². The molecule has 8 nitrogen and oxygen atoms in total. The van der Waals surface area contributed by atoms with Gasteiger partial charge in [0, 0.05) is 12.6 Å². The molecule has 7 N–H and O–H groups in total. The first-order chi connectivity index (χ1) is 7.13. The Morgan fingerprint density at radius 1 is 1.56 bits per heavy atom. The Hall–Kier alpha value is 0.210. The van der Waals surface area contributed by atoms with E-state index < -0.39 is 20.7 Å². The van der Waals surface area contributed by atoms with E-state index in [1.54, 1.807) is 0 Å². The van der Waals surface area contributed by atoms with Gasteiger partial charge in [-0.1, -0.05) is 12.2 Å². The van der Waals surface area contributed by atoms with Crippen LogP contribution in [0.3, 0.4) is 0 Å². The Labute approximate surface area is 103 Å². The highest BCUT2D eigenvalue weighted by molar-refractivity contribution is 7.83. The van der Waals surface area contributed by atoms with Gasteiger partial charge in [0.25, 0.3) is 7.59 Å². The summed E-state index contributed by atoms with van der Waals surface area (Å²) >= 11 is 9.00. The molecule has 1 aliphatic heterocycles. The monoisotopic (exact) mass is 302 g/mol. The third-order valence-electron chi connectivity index (χ3n) is 1.60. The predicted molar refractivity (Wildman–Crippen MR) is 71.2 cm³/mol. The first-order valence-electron chi connectivity index (χ1n) is 4.01. The van der Waals surface area contributed by atoms with Gasteiger partial charge < -0.3 is 0 Å². The van der Waals surface area contributed by atoms with Crippen LogP contribution in [0.4, 0.5) is 0 Å². The standard InChI is InChI=1S/C4H12N6O2P2S2/c5-13(6,11)9-14(7,12)10-3(15)1-2-8-4(10)16/h2,4,16H,1H2,(H7,5,6,7,9,11,12).